The van der Waals surface area contributed by atoms with Gasteiger partial charge in [-0.2, -0.15) is 0 Å². The minimum Gasteiger partial charge on any atom is -0.493 e. The number of methoxy groups -OCH3 is 1. The molecule has 0 N–H and O–H groups in total. The lowest BCUT2D eigenvalue weighted by Gasteiger charge is -2.25. The average Bonchev–Trinajstić information content (AvgIpc) is 3.55. The van der Waals surface area contributed by atoms with Crippen LogP contribution in [0.5, 0.6) is 11.5 Å². The van der Waals surface area contributed by atoms with E-state index in [9.17, 15) is 14.4 Å². The Morgan fingerprint density at radius 1 is 1.14 bits per heavy atom. The van der Waals surface area contributed by atoms with Crippen molar-refractivity contribution in [3.63, 3.8) is 0 Å². The van der Waals surface area contributed by atoms with Crippen molar-refractivity contribution in [2.45, 2.75) is 33.7 Å². The fraction of sp³-hybridized carbons (Fsp3) is 0.250. The van der Waals surface area contributed by atoms with E-state index in [1.807, 2.05) is 44.2 Å². The first-order valence-electron chi connectivity index (χ1n) is 13.5. The predicted molar refractivity (Wildman–Crippen MR) is 166 cm³/mol. The van der Waals surface area contributed by atoms with Crippen LogP contribution in [0.2, 0.25) is 0 Å². The minimum absolute atomic E-state index is 0.114. The summed E-state index contributed by atoms with van der Waals surface area (Å²) in [6.45, 7) is 7.10. The number of allylic oxidation sites excluding steroid dienone is 1. The highest BCUT2D eigenvalue weighted by molar-refractivity contribution is 9.10. The molecule has 0 radical (unpaired) electrons. The largest absolute Gasteiger partial charge is 0.493 e. The van der Waals surface area contributed by atoms with E-state index >= 15 is 0 Å². The normalized spacial score (nSPS) is 14.9. The fourth-order valence-corrected chi connectivity index (χ4v) is 6.09. The van der Waals surface area contributed by atoms with Crippen LogP contribution in [0, 0.1) is 5.92 Å². The summed E-state index contributed by atoms with van der Waals surface area (Å²) in [4.78, 5) is 44.1. The average molecular weight is 666 g/mol. The number of carbonyl (C=O) groups is 2. The Morgan fingerprint density at radius 3 is 2.63 bits per heavy atom. The summed E-state index contributed by atoms with van der Waals surface area (Å²) >= 11 is 4.67. The molecule has 0 unspecified atom stereocenters. The zero-order chi connectivity index (χ0) is 30.8. The number of ether oxygens (including phenoxy) is 3. The third kappa shape index (κ3) is 6.42. The van der Waals surface area contributed by atoms with Gasteiger partial charge in [0.05, 0.1) is 35.6 Å². The number of fused-ring (bicyclic) bond motifs is 1. The number of hydrogen-bond acceptors (Lipinski definition) is 9. The predicted octanol–water partition coefficient (Wildman–Crippen LogP) is 5.39. The number of furan rings is 1. The molecule has 43 heavy (non-hydrogen) atoms. The van der Waals surface area contributed by atoms with Crippen LogP contribution in [0.15, 0.2) is 84.5 Å². The molecule has 1 atom stereocenters. The van der Waals surface area contributed by atoms with Crippen LogP contribution in [-0.4, -0.2) is 30.2 Å². The number of esters is 2. The summed E-state index contributed by atoms with van der Waals surface area (Å²) in [6.07, 6.45) is 1.67. The molecule has 0 aliphatic carbocycles. The minimum atomic E-state index is -0.868. The van der Waals surface area contributed by atoms with Gasteiger partial charge in [0.2, 0.25) is 0 Å². The van der Waals surface area contributed by atoms with Gasteiger partial charge in [-0.05, 0) is 54.8 Å². The molecular formula is C32H29BrN2O7S. The summed E-state index contributed by atoms with van der Waals surface area (Å²) in [5.41, 5.74) is 1.77. The highest BCUT2D eigenvalue weighted by Gasteiger charge is 2.34. The molecule has 3 heterocycles. The van der Waals surface area contributed by atoms with Crippen molar-refractivity contribution in [1.82, 2.24) is 4.57 Å². The van der Waals surface area contributed by atoms with E-state index in [4.69, 9.17) is 18.6 Å². The molecule has 1 aliphatic rings. The zero-order valence-corrected chi connectivity index (χ0v) is 26.6. The molecule has 5 rings (SSSR count). The highest BCUT2D eigenvalue weighted by Crippen LogP contribution is 2.36. The van der Waals surface area contributed by atoms with Crippen LogP contribution in [-0.2, 0) is 14.3 Å². The lowest BCUT2D eigenvalue weighted by molar-refractivity contribution is -0.140. The zero-order valence-electron chi connectivity index (χ0n) is 24.2. The van der Waals surface area contributed by atoms with E-state index in [0.29, 0.717) is 32.1 Å². The van der Waals surface area contributed by atoms with Crippen LogP contribution in [0.1, 0.15) is 45.1 Å². The summed E-state index contributed by atoms with van der Waals surface area (Å²) in [5.74, 6) is 0.684. The van der Waals surface area contributed by atoms with Crippen LogP contribution < -0.4 is 24.4 Å². The SMILES string of the molecule is COc1cc([C@@H]2C(C(=O)OCC(C)C)=C(C)N=c3s/c(=C/c4ccc(-c5cccc(Br)c5)o4)c(=O)n32)ccc1OC(C)=O. The maximum Gasteiger partial charge on any atom is 0.338 e. The molecule has 0 saturated carbocycles. The molecule has 0 fully saturated rings. The van der Waals surface area contributed by atoms with Gasteiger partial charge >= 0.3 is 11.9 Å². The number of thiazole rings is 1. The van der Waals surface area contributed by atoms with Gasteiger partial charge in [0.1, 0.15) is 11.5 Å². The molecule has 0 spiro atoms. The third-order valence-corrected chi connectivity index (χ3v) is 8.03. The van der Waals surface area contributed by atoms with Gasteiger partial charge < -0.3 is 18.6 Å². The standard InChI is InChI=1S/C32H29BrN2O7S/c1-17(2)16-40-31(38)28-18(3)34-32-35(29(28)21-9-11-25(41-19(4)36)26(14-21)39-5)30(37)27(43-32)15-23-10-12-24(42-23)20-7-6-8-22(33)13-20/h6-15,17,29H,16H2,1-5H3/b27-15+/t29-/m1/s1. The van der Waals surface area contributed by atoms with E-state index < -0.39 is 18.0 Å². The van der Waals surface area contributed by atoms with Crippen LogP contribution >= 0.6 is 27.3 Å². The van der Waals surface area contributed by atoms with Crippen molar-refractivity contribution < 1.29 is 28.2 Å². The first kappa shape index (κ1) is 30.2. The van der Waals surface area contributed by atoms with E-state index in [-0.39, 0.29) is 35.2 Å². The molecule has 11 heteroatoms. The van der Waals surface area contributed by atoms with Crippen molar-refractivity contribution in [3.05, 3.63) is 101 Å². The molecule has 222 valence electrons. The quantitative estimate of drug-likeness (QED) is 0.183. The number of benzene rings is 2. The van der Waals surface area contributed by atoms with Gasteiger partial charge in [-0.3, -0.25) is 14.2 Å². The van der Waals surface area contributed by atoms with Gasteiger partial charge in [-0.25, -0.2) is 9.79 Å². The van der Waals surface area contributed by atoms with Crippen LogP contribution in [0.25, 0.3) is 17.4 Å². The van der Waals surface area contributed by atoms with Crippen molar-refractivity contribution in [2.75, 3.05) is 13.7 Å². The number of hydrogen-bond donors (Lipinski definition) is 0. The number of halogens is 1. The van der Waals surface area contributed by atoms with Gasteiger partial charge in [-0.1, -0.05) is 59.3 Å². The molecule has 0 saturated heterocycles. The van der Waals surface area contributed by atoms with Crippen molar-refractivity contribution in [1.29, 1.82) is 0 Å². The summed E-state index contributed by atoms with van der Waals surface area (Å²) in [6, 6.07) is 15.4. The van der Waals surface area contributed by atoms with E-state index in [1.54, 1.807) is 37.3 Å². The molecule has 0 bridgehead atoms. The van der Waals surface area contributed by atoms with Gasteiger partial charge in [-0.15, -0.1) is 0 Å². The maximum absolute atomic E-state index is 14.0. The second-order valence-corrected chi connectivity index (χ2v) is 12.2. The van der Waals surface area contributed by atoms with Crippen LogP contribution in [0.3, 0.4) is 0 Å². The van der Waals surface area contributed by atoms with Crippen molar-refractivity contribution >= 4 is 45.3 Å². The van der Waals surface area contributed by atoms with Crippen LogP contribution in [0.4, 0.5) is 0 Å². The highest BCUT2D eigenvalue weighted by atomic mass is 79.9. The number of aromatic nitrogens is 1. The Bertz CT molecular complexity index is 1930. The fourth-order valence-electron chi connectivity index (χ4n) is 4.67. The topological polar surface area (TPSA) is 109 Å². The Hall–Kier alpha value is -4.22. The first-order valence-corrected chi connectivity index (χ1v) is 15.1. The smallest absolute Gasteiger partial charge is 0.338 e. The number of carbonyl (C=O) groups excluding carboxylic acids is 2. The third-order valence-electron chi connectivity index (χ3n) is 6.56. The molecule has 9 nitrogen and oxygen atoms in total. The van der Waals surface area contributed by atoms with Crippen molar-refractivity contribution in [2.24, 2.45) is 10.9 Å². The second kappa shape index (κ2) is 12.6. The van der Waals surface area contributed by atoms with E-state index in [1.165, 1.54) is 29.9 Å². The van der Waals surface area contributed by atoms with E-state index in [0.717, 1.165) is 10.0 Å². The molecule has 2 aromatic heterocycles. The van der Waals surface area contributed by atoms with Gasteiger partial charge in [0.15, 0.2) is 16.3 Å². The summed E-state index contributed by atoms with van der Waals surface area (Å²) in [7, 11) is 1.45. The maximum atomic E-state index is 14.0. The molecule has 2 aromatic carbocycles. The molecule has 4 aromatic rings. The van der Waals surface area contributed by atoms with Gasteiger partial charge in [0, 0.05) is 23.0 Å². The lowest BCUT2D eigenvalue weighted by atomic mass is 9.95. The summed E-state index contributed by atoms with van der Waals surface area (Å²) in [5, 5.41) is 0. The second-order valence-electron chi connectivity index (χ2n) is 10.3. The first-order chi connectivity index (χ1) is 20.5. The molecule has 1 aliphatic heterocycles. The molecular weight excluding hydrogens is 636 g/mol. The van der Waals surface area contributed by atoms with E-state index in [2.05, 4.69) is 20.9 Å². The lowest BCUT2D eigenvalue weighted by Crippen LogP contribution is -2.40. The Morgan fingerprint density at radius 2 is 1.93 bits per heavy atom. The molecule has 0 amide bonds. The monoisotopic (exact) mass is 664 g/mol. The Kier molecular flexibility index (Phi) is 8.84. The van der Waals surface area contributed by atoms with Crippen molar-refractivity contribution in [3.8, 4) is 22.8 Å². The number of rotatable bonds is 8. The number of nitrogens with zero attached hydrogens (tertiary/aromatic N) is 2. The summed E-state index contributed by atoms with van der Waals surface area (Å²) < 4.78 is 25.2. The Labute approximate surface area is 259 Å². The van der Waals surface area contributed by atoms with Gasteiger partial charge in [0.25, 0.3) is 5.56 Å². The Balaban J connectivity index is 1.64.